The molecule has 2 amide bonds. The topological polar surface area (TPSA) is 53.2 Å². The molecule has 19 heavy (non-hydrogen) atoms. The second-order valence-corrected chi connectivity index (χ2v) is 5.47. The molecule has 1 aromatic rings. The zero-order chi connectivity index (χ0) is 13.7. The number of rotatable bonds is 3. The van der Waals surface area contributed by atoms with Gasteiger partial charge in [0.1, 0.15) is 0 Å². The Hall–Kier alpha value is -0.970. The summed E-state index contributed by atoms with van der Waals surface area (Å²) >= 11 is 11.7. The van der Waals surface area contributed by atoms with Crippen molar-refractivity contribution in [2.45, 2.75) is 12.8 Å². The van der Waals surface area contributed by atoms with Crippen LogP contribution in [0.1, 0.15) is 12.8 Å². The summed E-state index contributed by atoms with van der Waals surface area (Å²) in [6, 6.07) is 4.80. The molecular formula is C13H17Cl2N3O. The van der Waals surface area contributed by atoms with Gasteiger partial charge >= 0.3 is 6.03 Å². The zero-order valence-electron chi connectivity index (χ0n) is 10.5. The average molecular weight is 302 g/mol. The highest BCUT2D eigenvalue weighted by Gasteiger charge is 2.13. The van der Waals surface area contributed by atoms with Crippen molar-refractivity contribution in [1.29, 1.82) is 0 Å². The van der Waals surface area contributed by atoms with Crippen LogP contribution in [0.25, 0.3) is 0 Å². The molecule has 1 saturated heterocycles. The van der Waals surface area contributed by atoms with Crippen molar-refractivity contribution in [2.75, 3.05) is 25.0 Å². The lowest BCUT2D eigenvalue weighted by Gasteiger charge is -2.22. The Morgan fingerprint density at radius 1 is 1.26 bits per heavy atom. The van der Waals surface area contributed by atoms with Gasteiger partial charge in [0, 0.05) is 12.2 Å². The fraction of sp³-hybridized carbons (Fsp3) is 0.462. The maximum atomic E-state index is 11.7. The van der Waals surface area contributed by atoms with Crippen LogP contribution in [0.2, 0.25) is 10.0 Å². The normalized spacial score (nSPS) is 16.1. The Balaban J connectivity index is 1.78. The number of nitrogens with one attached hydrogen (secondary N) is 3. The first-order chi connectivity index (χ1) is 9.15. The van der Waals surface area contributed by atoms with E-state index in [0.717, 1.165) is 25.9 Å². The van der Waals surface area contributed by atoms with Gasteiger partial charge in [0.25, 0.3) is 0 Å². The first-order valence-electron chi connectivity index (χ1n) is 6.36. The van der Waals surface area contributed by atoms with Gasteiger partial charge in [-0.1, -0.05) is 23.2 Å². The Kier molecular flexibility index (Phi) is 5.31. The van der Waals surface area contributed by atoms with Crippen LogP contribution in [0.15, 0.2) is 18.2 Å². The zero-order valence-corrected chi connectivity index (χ0v) is 12.0. The van der Waals surface area contributed by atoms with Crippen LogP contribution in [0, 0.1) is 5.92 Å². The minimum absolute atomic E-state index is 0.211. The highest BCUT2D eigenvalue weighted by molar-refractivity contribution is 6.42. The number of hydrogen-bond donors (Lipinski definition) is 3. The van der Waals surface area contributed by atoms with E-state index < -0.39 is 0 Å². The lowest BCUT2D eigenvalue weighted by atomic mass is 9.98. The molecule has 1 fully saturated rings. The van der Waals surface area contributed by atoms with Crippen LogP contribution in [0.5, 0.6) is 0 Å². The molecule has 104 valence electrons. The van der Waals surface area contributed by atoms with Gasteiger partial charge in [-0.15, -0.1) is 0 Å². The highest BCUT2D eigenvalue weighted by atomic mass is 35.5. The second kappa shape index (κ2) is 6.98. The molecule has 0 bridgehead atoms. The van der Waals surface area contributed by atoms with E-state index in [9.17, 15) is 4.79 Å². The third-order valence-electron chi connectivity index (χ3n) is 3.19. The Morgan fingerprint density at radius 2 is 2.00 bits per heavy atom. The van der Waals surface area contributed by atoms with Crippen molar-refractivity contribution in [1.82, 2.24) is 10.6 Å². The minimum atomic E-state index is -0.211. The molecule has 0 unspecified atom stereocenters. The Labute approximate surface area is 122 Å². The molecule has 1 heterocycles. The minimum Gasteiger partial charge on any atom is -0.338 e. The average Bonchev–Trinajstić information content (AvgIpc) is 2.42. The van der Waals surface area contributed by atoms with Gasteiger partial charge in [-0.3, -0.25) is 0 Å². The summed E-state index contributed by atoms with van der Waals surface area (Å²) in [6.45, 7) is 2.76. The molecule has 1 aliphatic rings. The molecule has 0 aromatic heterocycles. The van der Waals surface area contributed by atoms with Crippen LogP contribution in [-0.4, -0.2) is 25.7 Å². The SMILES string of the molecule is O=C(NCC1CCNCC1)Nc1ccc(Cl)c(Cl)c1. The number of piperidine rings is 1. The molecule has 0 spiro atoms. The van der Waals surface area contributed by atoms with E-state index >= 15 is 0 Å². The number of hydrogen-bond acceptors (Lipinski definition) is 2. The summed E-state index contributed by atoms with van der Waals surface area (Å²) in [5.41, 5.74) is 0.636. The predicted octanol–water partition coefficient (Wildman–Crippen LogP) is 3.11. The van der Waals surface area contributed by atoms with Crippen molar-refractivity contribution in [3.63, 3.8) is 0 Å². The fourth-order valence-corrected chi connectivity index (χ4v) is 2.37. The molecule has 1 aromatic carbocycles. The monoisotopic (exact) mass is 301 g/mol. The number of carbonyl (C=O) groups excluding carboxylic acids is 1. The smallest absolute Gasteiger partial charge is 0.319 e. The molecule has 1 aliphatic heterocycles. The standard InChI is InChI=1S/C13H17Cl2N3O/c14-11-2-1-10(7-12(11)15)18-13(19)17-8-9-3-5-16-6-4-9/h1-2,7,9,16H,3-6,8H2,(H2,17,18,19). The first kappa shape index (κ1) is 14.4. The molecule has 0 radical (unpaired) electrons. The van der Waals surface area contributed by atoms with Crippen LogP contribution < -0.4 is 16.0 Å². The van der Waals surface area contributed by atoms with E-state index in [1.165, 1.54) is 0 Å². The summed E-state index contributed by atoms with van der Waals surface area (Å²) < 4.78 is 0. The van der Waals surface area contributed by atoms with Gasteiger partial charge in [0.15, 0.2) is 0 Å². The van der Waals surface area contributed by atoms with Gasteiger partial charge in [0.05, 0.1) is 10.0 Å². The number of benzene rings is 1. The van der Waals surface area contributed by atoms with Crippen molar-refractivity contribution in [3.05, 3.63) is 28.2 Å². The summed E-state index contributed by atoms with van der Waals surface area (Å²) in [6.07, 6.45) is 2.21. The van der Waals surface area contributed by atoms with Crippen molar-refractivity contribution >= 4 is 34.9 Å². The van der Waals surface area contributed by atoms with Crippen molar-refractivity contribution < 1.29 is 4.79 Å². The third-order valence-corrected chi connectivity index (χ3v) is 3.93. The lowest BCUT2D eigenvalue weighted by Crippen LogP contribution is -2.37. The quantitative estimate of drug-likeness (QED) is 0.803. The first-order valence-corrected chi connectivity index (χ1v) is 7.11. The summed E-state index contributed by atoms with van der Waals surface area (Å²) in [7, 11) is 0. The van der Waals surface area contributed by atoms with E-state index in [4.69, 9.17) is 23.2 Å². The summed E-state index contributed by atoms with van der Waals surface area (Å²) in [5.74, 6) is 0.556. The van der Waals surface area contributed by atoms with Gasteiger partial charge in [-0.05, 0) is 50.0 Å². The van der Waals surface area contributed by atoms with Crippen LogP contribution in [-0.2, 0) is 0 Å². The molecule has 3 N–H and O–H groups in total. The highest BCUT2D eigenvalue weighted by Crippen LogP contribution is 2.24. The van der Waals surface area contributed by atoms with E-state index in [1.807, 2.05) is 0 Å². The van der Waals surface area contributed by atoms with Gasteiger partial charge in [0.2, 0.25) is 0 Å². The van der Waals surface area contributed by atoms with Crippen molar-refractivity contribution in [3.8, 4) is 0 Å². The largest absolute Gasteiger partial charge is 0.338 e. The number of amides is 2. The van der Waals surface area contributed by atoms with Crippen LogP contribution in [0.3, 0.4) is 0 Å². The maximum absolute atomic E-state index is 11.7. The number of halogens is 2. The molecule has 2 rings (SSSR count). The van der Waals surface area contributed by atoms with E-state index in [0.29, 0.717) is 28.2 Å². The lowest BCUT2D eigenvalue weighted by molar-refractivity contribution is 0.248. The third kappa shape index (κ3) is 4.56. The fourth-order valence-electron chi connectivity index (χ4n) is 2.07. The Morgan fingerprint density at radius 3 is 2.68 bits per heavy atom. The predicted molar refractivity (Wildman–Crippen MR) is 79.1 cm³/mol. The van der Waals surface area contributed by atoms with E-state index in [-0.39, 0.29) is 6.03 Å². The van der Waals surface area contributed by atoms with Crippen LogP contribution >= 0.6 is 23.2 Å². The Bertz CT molecular complexity index is 448. The molecule has 0 aliphatic carbocycles. The number of urea groups is 1. The summed E-state index contributed by atoms with van der Waals surface area (Å²) in [5, 5.41) is 9.82. The molecule has 0 atom stereocenters. The van der Waals surface area contributed by atoms with Gasteiger partial charge in [-0.25, -0.2) is 4.79 Å². The summed E-state index contributed by atoms with van der Waals surface area (Å²) in [4.78, 5) is 11.7. The maximum Gasteiger partial charge on any atom is 0.319 e. The van der Waals surface area contributed by atoms with Gasteiger partial charge in [-0.2, -0.15) is 0 Å². The molecular weight excluding hydrogens is 285 g/mol. The van der Waals surface area contributed by atoms with Crippen molar-refractivity contribution in [2.24, 2.45) is 5.92 Å². The van der Waals surface area contributed by atoms with Crippen LogP contribution in [0.4, 0.5) is 10.5 Å². The molecule has 4 nitrogen and oxygen atoms in total. The van der Waals surface area contributed by atoms with E-state index in [1.54, 1.807) is 18.2 Å². The van der Waals surface area contributed by atoms with Gasteiger partial charge < -0.3 is 16.0 Å². The second-order valence-electron chi connectivity index (χ2n) is 4.66. The number of anilines is 1. The molecule has 0 saturated carbocycles. The number of carbonyl (C=O) groups is 1. The van der Waals surface area contributed by atoms with E-state index in [2.05, 4.69) is 16.0 Å². The molecule has 6 heteroatoms.